The van der Waals surface area contributed by atoms with Crippen LogP contribution in [0.4, 0.5) is 0 Å². The lowest BCUT2D eigenvalue weighted by atomic mass is 10.0. The van der Waals surface area contributed by atoms with Crippen LogP contribution < -0.4 is 4.74 Å². The first kappa shape index (κ1) is 11.8. The highest BCUT2D eigenvalue weighted by molar-refractivity contribution is 5.65. The third-order valence-electron chi connectivity index (χ3n) is 2.33. The van der Waals surface area contributed by atoms with E-state index in [1.165, 1.54) is 11.1 Å². The minimum absolute atomic E-state index is 0.239. The molecule has 0 saturated heterocycles. The van der Waals surface area contributed by atoms with E-state index in [0.717, 1.165) is 12.2 Å². The van der Waals surface area contributed by atoms with Crippen LogP contribution in [0.2, 0.25) is 0 Å². The normalized spacial score (nSPS) is 11.9. The maximum absolute atomic E-state index is 5.60. The fourth-order valence-electron chi connectivity index (χ4n) is 1.59. The van der Waals surface area contributed by atoms with Crippen molar-refractivity contribution in [3.63, 3.8) is 0 Å². The molecule has 1 heteroatoms. The van der Waals surface area contributed by atoms with E-state index in [1.54, 1.807) is 0 Å². The van der Waals surface area contributed by atoms with Gasteiger partial charge in [0.2, 0.25) is 0 Å². The van der Waals surface area contributed by atoms with Crippen LogP contribution in [0.15, 0.2) is 30.3 Å². The van der Waals surface area contributed by atoms with Gasteiger partial charge in [-0.1, -0.05) is 25.1 Å². The molecule has 1 aromatic carbocycles. The molecule has 0 spiro atoms. The topological polar surface area (TPSA) is 9.23 Å². The molecule has 0 heterocycles. The molecular formula is C14H20O. The van der Waals surface area contributed by atoms with Gasteiger partial charge in [-0.2, -0.15) is 0 Å². The lowest BCUT2D eigenvalue weighted by Crippen LogP contribution is -2.05. The Kier molecular flexibility index (Phi) is 4.41. The zero-order chi connectivity index (χ0) is 11.3. The van der Waals surface area contributed by atoms with Gasteiger partial charge in [0.25, 0.3) is 0 Å². The van der Waals surface area contributed by atoms with Gasteiger partial charge in [0.05, 0.1) is 6.10 Å². The largest absolute Gasteiger partial charge is 0.491 e. The van der Waals surface area contributed by atoms with Gasteiger partial charge in [0.1, 0.15) is 5.75 Å². The van der Waals surface area contributed by atoms with Crippen molar-refractivity contribution in [2.75, 3.05) is 0 Å². The van der Waals surface area contributed by atoms with E-state index < -0.39 is 0 Å². The number of benzene rings is 1. The molecule has 0 amide bonds. The quantitative estimate of drug-likeness (QED) is 0.711. The second-order valence-corrected chi connectivity index (χ2v) is 3.86. The van der Waals surface area contributed by atoms with Crippen LogP contribution in [0.1, 0.15) is 39.7 Å². The van der Waals surface area contributed by atoms with Crippen molar-refractivity contribution in [2.45, 2.75) is 40.2 Å². The molecule has 0 aliphatic carbocycles. The van der Waals surface area contributed by atoms with E-state index in [0.29, 0.717) is 0 Å². The van der Waals surface area contributed by atoms with E-state index >= 15 is 0 Å². The Morgan fingerprint density at radius 3 is 2.27 bits per heavy atom. The van der Waals surface area contributed by atoms with Crippen molar-refractivity contribution in [3.05, 3.63) is 35.9 Å². The van der Waals surface area contributed by atoms with Crippen LogP contribution in [0, 0.1) is 0 Å². The predicted octanol–water partition coefficient (Wildman–Crippen LogP) is 4.29. The number of rotatable bonds is 4. The van der Waals surface area contributed by atoms with E-state index in [1.807, 2.05) is 26.0 Å². The van der Waals surface area contributed by atoms with Gasteiger partial charge < -0.3 is 4.74 Å². The number of hydrogen-bond acceptors (Lipinski definition) is 1. The molecule has 0 radical (unpaired) electrons. The molecule has 1 rings (SSSR count). The molecule has 1 aromatic rings. The van der Waals surface area contributed by atoms with Gasteiger partial charge in [0, 0.05) is 0 Å². The van der Waals surface area contributed by atoms with Crippen LogP contribution in [0.5, 0.6) is 5.75 Å². The molecule has 0 saturated carbocycles. The summed E-state index contributed by atoms with van der Waals surface area (Å²) >= 11 is 0. The summed E-state index contributed by atoms with van der Waals surface area (Å²) in [7, 11) is 0. The highest BCUT2D eigenvalue weighted by Gasteiger charge is 2.00. The minimum atomic E-state index is 0.239. The Labute approximate surface area is 92.8 Å². The molecule has 82 valence electrons. The zero-order valence-corrected chi connectivity index (χ0v) is 10.1. The molecule has 0 aliphatic rings. The summed E-state index contributed by atoms with van der Waals surface area (Å²) < 4.78 is 5.60. The third-order valence-corrected chi connectivity index (χ3v) is 2.33. The van der Waals surface area contributed by atoms with Crippen molar-refractivity contribution in [1.29, 1.82) is 0 Å². The summed E-state index contributed by atoms with van der Waals surface area (Å²) in [5.74, 6) is 0.945. The molecule has 0 N–H and O–H groups in total. The molecule has 0 aliphatic heterocycles. The van der Waals surface area contributed by atoms with Crippen LogP contribution in [-0.4, -0.2) is 6.10 Å². The summed E-state index contributed by atoms with van der Waals surface area (Å²) in [6.07, 6.45) is 3.47. The molecule has 0 unspecified atom stereocenters. The molecule has 0 atom stereocenters. The summed E-state index contributed by atoms with van der Waals surface area (Å²) in [6.45, 7) is 8.33. The average Bonchev–Trinajstić information content (AvgIpc) is 2.21. The highest BCUT2D eigenvalue weighted by atomic mass is 16.5. The second kappa shape index (κ2) is 5.59. The Morgan fingerprint density at radius 2 is 1.87 bits per heavy atom. The third kappa shape index (κ3) is 3.43. The lowest BCUT2D eigenvalue weighted by Gasteiger charge is -2.10. The van der Waals surface area contributed by atoms with E-state index in [2.05, 4.69) is 32.1 Å². The Bertz CT molecular complexity index is 320. The van der Waals surface area contributed by atoms with Gasteiger partial charge in [-0.05, 0) is 50.5 Å². The number of ether oxygens (including phenoxy) is 1. The molecule has 0 aromatic heterocycles. The first-order valence-electron chi connectivity index (χ1n) is 5.59. The Morgan fingerprint density at radius 1 is 1.27 bits per heavy atom. The maximum Gasteiger partial charge on any atom is 0.119 e. The average molecular weight is 204 g/mol. The first-order valence-corrected chi connectivity index (χ1v) is 5.59. The fraction of sp³-hybridized carbons (Fsp3) is 0.429. The van der Waals surface area contributed by atoms with Gasteiger partial charge in [-0.15, -0.1) is 0 Å². The molecule has 1 nitrogen and oxygen atoms in total. The number of hydrogen-bond donors (Lipinski definition) is 0. The zero-order valence-electron chi connectivity index (χ0n) is 10.1. The summed E-state index contributed by atoms with van der Waals surface area (Å²) in [5.41, 5.74) is 2.67. The standard InChI is InChI=1S/C14H20O/c1-5-12(6-2)13-7-9-14(10-8-13)15-11(3)4/h5,7-11H,6H2,1-4H3. The molecular weight excluding hydrogens is 184 g/mol. The van der Waals surface area contributed by atoms with Crippen molar-refractivity contribution >= 4 is 5.57 Å². The first-order chi connectivity index (χ1) is 7.17. The Hall–Kier alpha value is -1.24. The van der Waals surface area contributed by atoms with E-state index in [9.17, 15) is 0 Å². The van der Waals surface area contributed by atoms with E-state index in [-0.39, 0.29) is 6.10 Å². The molecule has 0 bridgehead atoms. The van der Waals surface area contributed by atoms with Gasteiger partial charge in [-0.3, -0.25) is 0 Å². The smallest absolute Gasteiger partial charge is 0.119 e. The summed E-state index contributed by atoms with van der Waals surface area (Å²) in [4.78, 5) is 0. The Balaban J connectivity index is 2.80. The van der Waals surface area contributed by atoms with Crippen LogP contribution in [-0.2, 0) is 0 Å². The highest BCUT2D eigenvalue weighted by Crippen LogP contribution is 2.21. The van der Waals surface area contributed by atoms with Crippen LogP contribution in [0.25, 0.3) is 5.57 Å². The van der Waals surface area contributed by atoms with Crippen molar-refractivity contribution < 1.29 is 4.74 Å². The van der Waals surface area contributed by atoms with E-state index in [4.69, 9.17) is 4.74 Å². The summed E-state index contributed by atoms with van der Waals surface area (Å²) in [5, 5.41) is 0. The van der Waals surface area contributed by atoms with Crippen molar-refractivity contribution in [1.82, 2.24) is 0 Å². The maximum atomic E-state index is 5.60. The van der Waals surface area contributed by atoms with Gasteiger partial charge >= 0.3 is 0 Å². The lowest BCUT2D eigenvalue weighted by molar-refractivity contribution is 0.242. The van der Waals surface area contributed by atoms with Crippen molar-refractivity contribution in [3.8, 4) is 5.75 Å². The van der Waals surface area contributed by atoms with Crippen molar-refractivity contribution in [2.24, 2.45) is 0 Å². The summed E-state index contributed by atoms with van der Waals surface area (Å²) in [6, 6.07) is 8.32. The fourth-order valence-corrected chi connectivity index (χ4v) is 1.59. The SMILES string of the molecule is CC=C(CC)c1ccc(OC(C)C)cc1. The number of allylic oxidation sites excluding steroid dienone is 2. The minimum Gasteiger partial charge on any atom is -0.491 e. The molecule has 15 heavy (non-hydrogen) atoms. The second-order valence-electron chi connectivity index (χ2n) is 3.86. The van der Waals surface area contributed by atoms with Gasteiger partial charge in [0.15, 0.2) is 0 Å². The van der Waals surface area contributed by atoms with Gasteiger partial charge in [-0.25, -0.2) is 0 Å². The molecule has 0 fully saturated rings. The van der Waals surface area contributed by atoms with Crippen LogP contribution in [0.3, 0.4) is 0 Å². The van der Waals surface area contributed by atoms with Crippen LogP contribution >= 0.6 is 0 Å². The predicted molar refractivity (Wildman–Crippen MR) is 66.1 cm³/mol. The monoisotopic (exact) mass is 204 g/mol.